The van der Waals surface area contributed by atoms with Gasteiger partial charge >= 0.3 is 0 Å². The number of nitrogens with zero attached hydrogens (tertiary/aromatic N) is 2. The minimum Gasteiger partial charge on any atom is -0.334 e. The van der Waals surface area contributed by atoms with E-state index in [-0.39, 0.29) is 6.04 Å². The van der Waals surface area contributed by atoms with Gasteiger partial charge in [0.25, 0.3) is 0 Å². The Bertz CT molecular complexity index is 2870. The van der Waals surface area contributed by atoms with E-state index in [0.717, 1.165) is 23.5 Å². The Morgan fingerprint density at radius 2 is 0.966 bits per heavy atom. The molecule has 0 aliphatic heterocycles. The van der Waals surface area contributed by atoms with Gasteiger partial charge in [0, 0.05) is 28.6 Å². The molecule has 0 fully saturated rings. The second-order valence-corrected chi connectivity index (χ2v) is 14.9. The molecule has 1 heterocycles. The van der Waals surface area contributed by atoms with Crippen molar-refractivity contribution in [3.05, 3.63) is 242 Å². The third-order valence-corrected chi connectivity index (χ3v) is 11.4. The summed E-state index contributed by atoms with van der Waals surface area (Å²) in [7, 11) is 0. The SMILES string of the molecule is C1=CC(N(c2ccc(-c3ccccc3)cc2)c2ccc(-c3cccc4c3ccn4-c3ccccc3)c(-c3ccccc3)c2)CC=C1c1ccc(-c2ccccc2)cc1. The molecule has 58 heavy (non-hydrogen) atoms. The summed E-state index contributed by atoms with van der Waals surface area (Å²) in [5.74, 6) is 0. The number of aromatic nitrogens is 1. The van der Waals surface area contributed by atoms with Gasteiger partial charge in [-0.1, -0.05) is 182 Å². The molecule has 1 aliphatic rings. The fourth-order valence-corrected chi connectivity index (χ4v) is 8.47. The molecule has 0 saturated heterocycles. The topological polar surface area (TPSA) is 8.17 Å². The van der Waals surface area contributed by atoms with Crippen molar-refractivity contribution in [1.82, 2.24) is 4.57 Å². The molecular formula is C56H42N2. The van der Waals surface area contributed by atoms with Gasteiger partial charge in [0.15, 0.2) is 0 Å². The summed E-state index contributed by atoms with van der Waals surface area (Å²) in [5, 5.41) is 1.23. The third kappa shape index (κ3) is 6.86. The number of benzene rings is 8. The Morgan fingerprint density at radius 3 is 1.59 bits per heavy atom. The van der Waals surface area contributed by atoms with Gasteiger partial charge in [0.2, 0.25) is 0 Å². The standard InChI is InChI=1S/C56H42N2/c1-5-14-41(15-6-1)43-24-26-44(27-25-43)46-30-34-50(35-31-46)58(49-32-28-45(29-33-49)42-16-7-2-8-17-42)51-36-37-53(55(40-51)47-18-9-3-10-19-47)52-22-13-23-56-54(52)38-39-57(56)48-20-11-4-12-21-48/h1-34,36-40,50H,35H2. The molecule has 9 aromatic rings. The lowest BCUT2D eigenvalue weighted by molar-refractivity contribution is 0.787. The minimum absolute atomic E-state index is 0.118. The predicted molar refractivity (Wildman–Crippen MR) is 246 cm³/mol. The van der Waals surface area contributed by atoms with E-state index in [1.54, 1.807) is 0 Å². The van der Waals surface area contributed by atoms with Crippen LogP contribution in [0.2, 0.25) is 0 Å². The first-order valence-electron chi connectivity index (χ1n) is 20.1. The second kappa shape index (κ2) is 15.6. The van der Waals surface area contributed by atoms with Crippen molar-refractivity contribution in [3.8, 4) is 50.2 Å². The highest BCUT2D eigenvalue weighted by atomic mass is 15.2. The fourth-order valence-electron chi connectivity index (χ4n) is 8.47. The van der Waals surface area contributed by atoms with Crippen molar-refractivity contribution in [2.45, 2.75) is 12.5 Å². The van der Waals surface area contributed by atoms with Gasteiger partial charge < -0.3 is 9.47 Å². The number of anilines is 2. The number of hydrogen-bond acceptors (Lipinski definition) is 1. The molecule has 0 radical (unpaired) electrons. The van der Waals surface area contributed by atoms with Gasteiger partial charge in [-0.2, -0.15) is 0 Å². The van der Waals surface area contributed by atoms with Crippen LogP contribution in [0.3, 0.4) is 0 Å². The monoisotopic (exact) mass is 742 g/mol. The molecule has 1 unspecified atom stereocenters. The van der Waals surface area contributed by atoms with E-state index in [9.17, 15) is 0 Å². The number of allylic oxidation sites excluding steroid dienone is 2. The van der Waals surface area contributed by atoms with Crippen LogP contribution in [0, 0.1) is 0 Å². The maximum absolute atomic E-state index is 2.51. The maximum Gasteiger partial charge on any atom is 0.0560 e. The van der Waals surface area contributed by atoms with E-state index in [2.05, 4.69) is 246 Å². The lowest BCUT2D eigenvalue weighted by Gasteiger charge is -2.34. The first kappa shape index (κ1) is 35.0. The second-order valence-electron chi connectivity index (χ2n) is 14.9. The largest absolute Gasteiger partial charge is 0.334 e. The summed E-state index contributed by atoms with van der Waals surface area (Å²) < 4.78 is 2.28. The van der Waals surface area contributed by atoms with Crippen LogP contribution in [0.4, 0.5) is 11.4 Å². The van der Waals surface area contributed by atoms with Crippen LogP contribution in [-0.4, -0.2) is 10.6 Å². The molecule has 0 amide bonds. The van der Waals surface area contributed by atoms with Crippen molar-refractivity contribution in [2.24, 2.45) is 0 Å². The molecule has 0 saturated carbocycles. The summed E-state index contributed by atoms with van der Waals surface area (Å²) in [4.78, 5) is 2.51. The van der Waals surface area contributed by atoms with E-state index < -0.39 is 0 Å². The van der Waals surface area contributed by atoms with Gasteiger partial charge in [0.1, 0.15) is 0 Å². The molecule has 1 aromatic heterocycles. The molecular weight excluding hydrogens is 701 g/mol. The number of fused-ring (bicyclic) bond motifs is 1. The molecule has 10 rings (SSSR count). The predicted octanol–water partition coefficient (Wildman–Crippen LogP) is 14.8. The Morgan fingerprint density at radius 1 is 0.414 bits per heavy atom. The average Bonchev–Trinajstić information content (AvgIpc) is 3.76. The van der Waals surface area contributed by atoms with Crippen molar-refractivity contribution in [2.75, 3.05) is 4.90 Å². The zero-order valence-corrected chi connectivity index (χ0v) is 32.2. The molecule has 276 valence electrons. The summed E-state index contributed by atoms with van der Waals surface area (Å²) in [6.07, 6.45) is 10.2. The number of rotatable bonds is 9. The van der Waals surface area contributed by atoms with E-state index >= 15 is 0 Å². The Hall–Kier alpha value is -7.42. The Balaban J connectivity index is 1.05. The van der Waals surface area contributed by atoms with Crippen LogP contribution in [0.25, 0.3) is 66.7 Å². The first-order valence-corrected chi connectivity index (χ1v) is 20.1. The summed E-state index contributed by atoms with van der Waals surface area (Å²) in [6.45, 7) is 0. The quantitative estimate of drug-likeness (QED) is 0.143. The Labute approximate surface area is 340 Å². The fraction of sp³-hybridized carbons (Fsp3) is 0.0357. The van der Waals surface area contributed by atoms with Crippen LogP contribution in [-0.2, 0) is 0 Å². The lowest BCUT2D eigenvalue weighted by Crippen LogP contribution is -2.30. The Kier molecular flexibility index (Phi) is 9.43. The van der Waals surface area contributed by atoms with Gasteiger partial charge in [-0.3, -0.25) is 0 Å². The van der Waals surface area contributed by atoms with Crippen LogP contribution in [0.5, 0.6) is 0 Å². The molecule has 1 aliphatic carbocycles. The van der Waals surface area contributed by atoms with Crippen LogP contribution >= 0.6 is 0 Å². The van der Waals surface area contributed by atoms with Crippen molar-refractivity contribution in [3.63, 3.8) is 0 Å². The van der Waals surface area contributed by atoms with E-state index in [0.29, 0.717) is 0 Å². The third-order valence-electron chi connectivity index (χ3n) is 11.4. The summed E-state index contributed by atoms with van der Waals surface area (Å²) >= 11 is 0. The highest BCUT2D eigenvalue weighted by Gasteiger charge is 2.23. The molecule has 0 bridgehead atoms. The maximum atomic E-state index is 2.51. The van der Waals surface area contributed by atoms with Crippen LogP contribution < -0.4 is 4.90 Å². The zero-order chi connectivity index (χ0) is 38.7. The highest BCUT2D eigenvalue weighted by Crippen LogP contribution is 2.42. The van der Waals surface area contributed by atoms with Crippen LogP contribution in [0.1, 0.15) is 12.0 Å². The van der Waals surface area contributed by atoms with Crippen molar-refractivity contribution in [1.29, 1.82) is 0 Å². The molecule has 0 N–H and O–H groups in total. The lowest BCUT2D eigenvalue weighted by atomic mass is 9.91. The van der Waals surface area contributed by atoms with Gasteiger partial charge in [-0.15, -0.1) is 0 Å². The molecule has 8 aromatic carbocycles. The van der Waals surface area contributed by atoms with Gasteiger partial charge in [0.05, 0.1) is 11.6 Å². The highest BCUT2D eigenvalue weighted by molar-refractivity contribution is 6.01. The molecule has 0 spiro atoms. The van der Waals surface area contributed by atoms with Gasteiger partial charge in [-0.25, -0.2) is 0 Å². The van der Waals surface area contributed by atoms with E-state index in [4.69, 9.17) is 0 Å². The normalized spacial score (nSPS) is 13.7. The number of para-hydroxylation sites is 1. The van der Waals surface area contributed by atoms with Crippen molar-refractivity contribution >= 4 is 27.9 Å². The average molecular weight is 743 g/mol. The van der Waals surface area contributed by atoms with E-state index in [1.165, 1.54) is 66.5 Å². The first-order chi connectivity index (χ1) is 28.8. The van der Waals surface area contributed by atoms with Crippen LogP contribution in [0.15, 0.2) is 237 Å². The minimum atomic E-state index is 0.118. The molecule has 1 atom stereocenters. The molecule has 2 heteroatoms. The van der Waals surface area contributed by atoms with Crippen molar-refractivity contribution < 1.29 is 0 Å². The molecule has 2 nitrogen and oxygen atoms in total. The zero-order valence-electron chi connectivity index (χ0n) is 32.2. The number of hydrogen-bond donors (Lipinski definition) is 0. The van der Waals surface area contributed by atoms with E-state index in [1.807, 2.05) is 0 Å². The smallest absolute Gasteiger partial charge is 0.0560 e. The summed E-state index contributed by atoms with van der Waals surface area (Å²) in [5.41, 5.74) is 16.9. The van der Waals surface area contributed by atoms with Gasteiger partial charge in [-0.05, 0) is 111 Å². The summed E-state index contributed by atoms with van der Waals surface area (Å²) in [6, 6.07) is 76.8.